The van der Waals surface area contributed by atoms with E-state index in [-0.39, 0.29) is 6.04 Å². The van der Waals surface area contributed by atoms with Crippen molar-refractivity contribution in [1.29, 1.82) is 5.26 Å². The number of ether oxygens (including phenoxy) is 1. The van der Waals surface area contributed by atoms with E-state index in [0.29, 0.717) is 17.3 Å². The second kappa shape index (κ2) is 6.12. The maximum Gasteiger partial charge on any atom is 0.160 e. The first-order valence-corrected chi connectivity index (χ1v) is 7.32. The molecule has 1 aliphatic heterocycles. The van der Waals surface area contributed by atoms with Gasteiger partial charge in [0, 0.05) is 24.0 Å². The highest BCUT2D eigenvalue weighted by molar-refractivity contribution is 6.32. The van der Waals surface area contributed by atoms with Gasteiger partial charge in [0.15, 0.2) is 6.73 Å². The van der Waals surface area contributed by atoms with Crippen LogP contribution in [0.25, 0.3) is 11.3 Å². The first-order valence-electron chi connectivity index (χ1n) is 6.95. The summed E-state index contributed by atoms with van der Waals surface area (Å²) in [6.45, 7) is 3.47. The topological polar surface area (TPSA) is 54.1 Å². The Bertz CT molecular complexity index is 747. The molecule has 1 aromatic carbocycles. The Morgan fingerprint density at radius 3 is 3.00 bits per heavy atom. The molecule has 0 spiro atoms. The molecule has 2 aromatic rings. The summed E-state index contributed by atoms with van der Waals surface area (Å²) in [5.41, 5.74) is 2.21. The summed E-state index contributed by atoms with van der Waals surface area (Å²) in [5, 5.41) is 13.9. The minimum absolute atomic E-state index is 0.288. The number of nitrogens with zero attached hydrogens (tertiary/aromatic N) is 4. The third-order valence-corrected chi connectivity index (χ3v) is 3.93. The molecule has 3 rings (SSSR count). The van der Waals surface area contributed by atoms with Gasteiger partial charge in [-0.25, -0.2) is 0 Å². The smallest absolute Gasteiger partial charge is 0.160 e. The average Bonchev–Trinajstić information content (AvgIpc) is 3.18. The van der Waals surface area contributed by atoms with Gasteiger partial charge in [0.05, 0.1) is 22.8 Å². The van der Waals surface area contributed by atoms with Crippen molar-refractivity contribution >= 4 is 11.6 Å². The quantitative estimate of drug-likeness (QED) is 0.869. The van der Waals surface area contributed by atoms with E-state index < -0.39 is 0 Å². The molecule has 0 N–H and O–H groups in total. The lowest BCUT2D eigenvalue weighted by Gasteiger charge is -2.22. The van der Waals surface area contributed by atoms with E-state index in [1.165, 1.54) is 0 Å². The second-order valence-electron chi connectivity index (χ2n) is 5.17. The molecule has 1 aromatic heterocycles. The number of nitriles is 1. The highest BCUT2D eigenvalue weighted by Crippen LogP contribution is 2.24. The van der Waals surface area contributed by atoms with E-state index in [1.54, 1.807) is 18.4 Å². The molecule has 0 aliphatic carbocycles. The number of halogens is 1. The summed E-state index contributed by atoms with van der Waals surface area (Å²) >= 11 is 6.07. The molecular formula is C16H15ClN4O. The molecule has 1 aliphatic rings. The lowest BCUT2D eigenvalue weighted by atomic mass is 10.1. The molecule has 6 heteroatoms. The van der Waals surface area contributed by atoms with Gasteiger partial charge in [0.25, 0.3) is 0 Å². The van der Waals surface area contributed by atoms with Crippen LogP contribution in [0.5, 0.6) is 0 Å². The molecule has 0 fully saturated rings. The fourth-order valence-corrected chi connectivity index (χ4v) is 2.55. The van der Waals surface area contributed by atoms with Gasteiger partial charge in [0.2, 0.25) is 0 Å². The number of aromatic nitrogens is 2. The minimum atomic E-state index is 0.288. The van der Waals surface area contributed by atoms with Gasteiger partial charge in [-0.1, -0.05) is 17.7 Å². The fraction of sp³-hybridized carbons (Fsp3) is 0.250. The Hall–Kier alpha value is -2.45. The van der Waals surface area contributed by atoms with Crippen LogP contribution in [-0.2, 0) is 11.3 Å². The summed E-state index contributed by atoms with van der Waals surface area (Å²) in [7, 11) is 0. The third kappa shape index (κ3) is 2.92. The van der Waals surface area contributed by atoms with Gasteiger partial charge >= 0.3 is 0 Å². The van der Waals surface area contributed by atoms with Crippen LogP contribution in [0.15, 0.2) is 42.9 Å². The Morgan fingerprint density at radius 2 is 2.32 bits per heavy atom. The number of hydrogen-bond acceptors (Lipinski definition) is 4. The maximum absolute atomic E-state index is 8.91. The van der Waals surface area contributed by atoms with E-state index in [4.69, 9.17) is 21.6 Å². The van der Waals surface area contributed by atoms with Crippen molar-refractivity contribution in [2.45, 2.75) is 19.5 Å². The predicted octanol–water partition coefficient (Wildman–Crippen LogP) is 3.22. The standard InChI is InChI=1S/C16H15ClN4O/c1-12(20-6-7-22-11-20)10-21-5-4-16(19-21)13-2-3-14(9-18)15(17)8-13/h2-8,12H,10-11H2,1H3. The largest absolute Gasteiger partial charge is 0.479 e. The van der Waals surface area contributed by atoms with E-state index in [1.807, 2.05) is 29.2 Å². The van der Waals surface area contributed by atoms with Gasteiger partial charge in [-0.2, -0.15) is 10.4 Å². The number of hydrogen-bond donors (Lipinski definition) is 0. The van der Waals surface area contributed by atoms with Crippen molar-refractivity contribution in [2.75, 3.05) is 6.73 Å². The normalized spacial score (nSPS) is 14.7. The number of rotatable bonds is 4. The van der Waals surface area contributed by atoms with Crippen LogP contribution >= 0.6 is 11.6 Å². The average molecular weight is 315 g/mol. The molecular weight excluding hydrogens is 300 g/mol. The molecule has 0 saturated carbocycles. The molecule has 112 valence electrons. The van der Waals surface area contributed by atoms with E-state index in [2.05, 4.69) is 23.0 Å². The maximum atomic E-state index is 8.91. The number of benzene rings is 1. The van der Waals surface area contributed by atoms with Crippen molar-refractivity contribution in [3.05, 3.63) is 53.5 Å². The van der Waals surface area contributed by atoms with E-state index in [9.17, 15) is 0 Å². The lowest BCUT2D eigenvalue weighted by molar-refractivity contribution is 0.134. The molecule has 1 atom stereocenters. The van der Waals surface area contributed by atoms with Crippen LogP contribution in [0.4, 0.5) is 0 Å². The molecule has 0 bridgehead atoms. The SMILES string of the molecule is CC(Cn1ccc(-c2ccc(C#N)c(Cl)c2)n1)N1C=COC1. The van der Waals surface area contributed by atoms with Crippen LogP contribution in [0.1, 0.15) is 12.5 Å². The molecule has 1 unspecified atom stereocenters. The Kier molecular flexibility index (Phi) is 4.03. The summed E-state index contributed by atoms with van der Waals surface area (Å²) in [4.78, 5) is 2.11. The zero-order chi connectivity index (χ0) is 15.5. The van der Waals surface area contributed by atoms with Gasteiger partial charge in [-0.3, -0.25) is 4.68 Å². The zero-order valence-corrected chi connectivity index (χ0v) is 12.9. The van der Waals surface area contributed by atoms with Crippen molar-refractivity contribution in [2.24, 2.45) is 0 Å². The molecule has 0 saturated heterocycles. The van der Waals surface area contributed by atoms with Crippen LogP contribution in [0.3, 0.4) is 0 Å². The molecule has 2 heterocycles. The Labute approximate surface area is 134 Å². The Morgan fingerprint density at radius 1 is 1.45 bits per heavy atom. The van der Waals surface area contributed by atoms with Crippen LogP contribution in [0.2, 0.25) is 5.02 Å². The molecule has 22 heavy (non-hydrogen) atoms. The highest BCUT2D eigenvalue weighted by Gasteiger charge is 2.15. The van der Waals surface area contributed by atoms with Crippen LogP contribution < -0.4 is 0 Å². The van der Waals surface area contributed by atoms with Gasteiger partial charge in [-0.05, 0) is 25.1 Å². The van der Waals surface area contributed by atoms with Crippen molar-refractivity contribution < 1.29 is 4.74 Å². The van der Waals surface area contributed by atoms with E-state index in [0.717, 1.165) is 17.8 Å². The monoisotopic (exact) mass is 314 g/mol. The zero-order valence-electron chi connectivity index (χ0n) is 12.1. The van der Waals surface area contributed by atoms with E-state index >= 15 is 0 Å². The van der Waals surface area contributed by atoms with Crippen molar-refractivity contribution in [3.8, 4) is 17.3 Å². The molecule has 0 amide bonds. The first kappa shape index (κ1) is 14.5. The molecule has 0 radical (unpaired) electrons. The molecule has 5 nitrogen and oxygen atoms in total. The van der Waals surface area contributed by atoms with Crippen molar-refractivity contribution in [1.82, 2.24) is 14.7 Å². The second-order valence-corrected chi connectivity index (χ2v) is 5.58. The highest BCUT2D eigenvalue weighted by atomic mass is 35.5. The van der Waals surface area contributed by atoms with Crippen molar-refractivity contribution in [3.63, 3.8) is 0 Å². The van der Waals surface area contributed by atoms with Gasteiger partial charge < -0.3 is 9.64 Å². The summed E-state index contributed by atoms with van der Waals surface area (Å²) in [6, 6.07) is 9.63. The summed E-state index contributed by atoms with van der Waals surface area (Å²) < 4.78 is 7.10. The summed E-state index contributed by atoms with van der Waals surface area (Å²) in [6.07, 6.45) is 5.58. The fourth-order valence-electron chi connectivity index (χ4n) is 2.33. The summed E-state index contributed by atoms with van der Waals surface area (Å²) in [5.74, 6) is 0. The van der Waals surface area contributed by atoms with Gasteiger partial charge in [-0.15, -0.1) is 0 Å². The van der Waals surface area contributed by atoms with Gasteiger partial charge in [0.1, 0.15) is 12.3 Å². The predicted molar refractivity (Wildman–Crippen MR) is 83.8 cm³/mol. The Balaban J connectivity index is 1.74. The minimum Gasteiger partial charge on any atom is -0.479 e. The van der Waals surface area contributed by atoms with Crippen LogP contribution in [-0.4, -0.2) is 27.5 Å². The lowest BCUT2D eigenvalue weighted by Crippen LogP contribution is -2.31. The first-order chi connectivity index (χ1) is 10.7. The van der Waals surface area contributed by atoms with Crippen LogP contribution in [0, 0.1) is 11.3 Å². The third-order valence-electron chi connectivity index (χ3n) is 3.62.